The molecule has 0 aliphatic rings. The molecule has 0 heterocycles. The van der Waals surface area contributed by atoms with Gasteiger partial charge in [-0.2, -0.15) is 31.6 Å². The first-order valence-electron chi connectivity index (χ1n) is 7.49. The second-order valence-corrected chi connectivity index (χ2v) is 6.06. The molecule has 9 heteroatoms. The van der Waals surface area contributed by atoms with E-state index >= 15 is 0 Å². The van der Waals surface area contributed by atoms with Gasteiger partial charge in [0.1, 0.15) is 23.3 Å². The van der Waals surface area contributed by atoms with E-state index in [1.54, 1.807) is 0 Å². The van der Waals surface area contributed by atoms with Crippen molar-refractivity contribution < 1.29 is 35.1 Å². The quantitative estimate of drug-likeness (QED) is 0.523. The summed E-state index contributed by atoms with van der Waals surface area (Å²) in [4.78, 5) is 0. The highest BCUT2D eigenvalue weighted by molar-refractivity contribution is 5.74. The fourth-order valence-electron chi connectivity index (χ4n) is 2.65. The summed E-state index contributed by atoms with van der Waals surface area (Å²) in [5, 5.41) is 8.68. The number of nitrogens with zero attached hydrogens (tertiary/aromatic N) is 1. The summed E-state index contributed by atoms with van der Waals surface area (Å²) in [6.07, 6.45) is -10.2. The zero-order valence-corrected chi connectivity index (χ0v) is 13.9. The molecule has 0 aliphatic carbocycles. The molecule has 0 amide bonds. The van der Waals surface area contributed by atoms with E-state index in [1.165, 1.54) is 19.9 Å². The summed E-state index contributed by atoms with van der Waals surface area (Å²) < 4.78 is 107. The molecule has 2 rings (SSSR count). The van der Waals surface area contributed by atoms with Gasteiger partial charge in [-0.15, -0.1) is 0 Å². The molecule has 27 heavy (non-hydrogen) atoms. The van der Waals surface area contributed by atoms with Gasteiger partial charge in [-0.1, -0.05) is 13.8 Å². The highest BCUT2D eigenvalue weighted by atomic mass is 19.4. The lowest BCUT2D eigenvalue weighted by Crippen LogP contribution is -2.15. The van der Waals surface area contributed by atoms with Crippen LogP contribution in [0.25, 0.3) is 11.1 Å². The van der Waals surface area contributed by atoms with E-state index in [-0.39, 0.29) is 11.6 Å². The van der Waals surface area contributed by atoms with Gasteiger partial charge in [0.2, 0.25) is 0 Å². The molecule has 0 fully saturated rings. The minimum atomic E-state index is -5.21. The lowest BCUT2D eigenvalue weighted by Gasteiger charge is -2.22. The predicted molar refractivity (Wildman–Crippen MR) is 80.6 cm³/mol. The van der Waals surface area contributed by atoms with E-state index < -0.39 is 57.7 Å². The van der Waals surface area contributed by atoms with Gasteiger partial charge in [0.25, 0.3) is 0 Å². The van der Waals surface area contributed by atoms with Gasteiger partial charge >= 0.3 is 12.4 Å². The highest BCUT2D eigenvalue weighted by Crippen LogP contribution is 2.45. The van der Waals surface area contributed by atoms with Crippen molar-refractivity contribution in [1.82, 2.24) is 0 Å². The van der Waals surface area contributed by atoms with E-state index in [0.717, 1.165) is 0 Å². The van der Waals surface area contributed by atoms with E-state index in [1.807, 2.05) is 0 Å². The van der Waals surface area contributed by atoms with Crippen molar-refractivity contribution in [2.24, 2.45) is 0 Å². The predicted octanol–water partition coefficient (Wildman–Crippen LogP) is 6.66. The number of rotatable bonds is 2. The number of hydrogen-bond acceptors (Lipinski definition) is 1. The molecule has 0 spiro atoms. The molecule has 0 saturated heterocycles. The highest BCUT2D eigenvalue weighted by Gasteiger charge is 2.40. The molecule has 0 bridgehead atoms. The van der Waals surface area contributed by atoms with Crippen molar-refractivity contribution in [1.29, 1.82) is 5.26 Å². The van der Waals surface area contributed by atoms with Crippen molar-refractivity contribution in [2.45, 2.75) is 32.1 Å². The average molecular weight is 393 g/mol. The summed E-state index contributed by atoms with van der Waals surface area (Å²) in [5.74, 6) is -3.63. The molecule has 2 aromatic carbocycles. The maximum atomic E-state index is 13.9. The Hall–Kier alpha value is -2.63. The van der Waals surface area contributed by atoms with E-state index in [9.17, 15) is 35.1 Å². The summed E-state index contributed by atoms with van der Waals surface area (Å²) in [6.45, 7) is 2.71. The molecule has 0 unspecified atom stereocenters. The summed E-state index contributed by atoms with van der Waals surface area (Å²) in [6, 6.07) is 2.69. The topological polar surface area (TPSA) is 23.8 Å². The third-order valence-corrected chi connectivity index (χ3v) is 3.87. The van der Waals surface area contributed by atoms with Crippen LogP contribution in [0, 0.1) is 23.0 Å². The van der Waals surface area contributed by atoms with E-state index in [0.29, 0.717) is 18.2 Å². The van der Waals surface area contributed by atoms with Crippen molar-refractivity contribution in [2.75, 3.05) is 0 Å². The first-order valence-corrected chi connectivity index (χ1v) is 7.49. The molecule has 144 valence electrons. The number of nitriles is 1. The van der Waals surface area contributed by atoms with Crippen LogP contribution < -0.4 is 0 Å². The Kier molecular flexibility index (Phi) is 5.23. The van der Waals surface area contributed by atoms with E-state index in [2.05, 4.69) is 0 Å². The smallest absolute Gasteiger partial charge is 0.205 e. The molecule has 0 aliphatic heterocycles. The van der Waals surface area contributed by atoms with Gasteiger partial charge in [0, 0.05) is 0 Å². The third-order valence-electron chi connectivity index (χ3n) is 3.87. The van der Waals surface area contributed by atoms with Crippen molar-refractivity contribution in [3.8, 4) is 17.2 Å². The van der Waals surface area contributed by atoms with Gasteiger partial charge in [0.15, 0.2) is 0 Å². The van der Waals surface area contributed by atoms with Crippen LogP contribution in [-0.4, -0.2) is 0 Å². The summed E-state index contributed by atoms with van der Waals surface area (Å²) >= 11 is 0. The maximum Gasteiger partial charge on any atom is 0.417 e. The fourth-order valence-corrected chi connectivity index (χ4v) is 2.65. The first kappa shape index (κ1) is 20.7. The minimum absolute atomic E-state index is 0.0881. The van der Waals surface area contributed by atoms with Crippen LogP contribution in [0.5, 0.6) is 0 Å². The lowest BCUT2D eigenvalue weighted by molar-refractivity contribution is -0.142. The lowest BCUT2D eigenvalue weighted by atomic mass is 9.86. The molecule has 0 radical (unpaired) electrons. The first-order chi connectivity index (χ1) is 12.3. The molecule has 1 nitrogen and oxygen atoms in total. The van der Waals surface area contributed by atoms with E-state index in [4.69, 9.17) is 5.26 Å². The second kappa shape index (κ2) is 6.83. The van der Waals surface area contributed by atoms with Gasteiger partial charge < -0.3 is 0 Å². The van der Waals surface area contributed by atoms with Crippen LogP contribution in [-0.2, 0) is 12.4 Å². The van der Waals surface area contributed by atoms with Crippen molar-refractivity contribution in [3.63, 3.8) is 0 Å². The van der Waals surface area contributed by atoms with Crippen LogP contribution in [0.4, 0.5) is 35.1 Å². The van der Waals surface area contributed by atoms with Gasteiger partial charge in [-0.25, -0.2) is 8.78 Å². The average Bonchev–Trinajstić information content (AvgIpc) is 2.51. The maximum absolute atomic E-state index is 13.9. The van der Waals surface area contributed by atoms with Gasteiger partial charge in [-0.3, -0.25) is 0 Å². The van der Waals surface area contributed by atoms with Crippen LogP contribution in [0.15, 0.2) is 24.3 Å². The molecular weight excluding hydrogens is 382 g/mol. The molecule has 2 aromatic rings. The Labute approximate surface area is 148 Å². The monoisotopic (exact) mass is 393 g/mol. The molecule has 0 saturated carbocycles. The molecular formula is C18H11F8N. The van der Waals surface area contributed by atoms with Gasteiger partial charge in [0.05, 0.1) is 11.1 Å². The molecule has 0 atom stereocenters. The number of halogens is 8. The fraction of sp³-hybridized carbons (Fsp3) is 0.278. The Morgan fingerprint density at radius 2 is 1.37 bits per heavy atom. The SMILES string of the molecule is CC(C)c1cc(C(F)(F)F)cc(C(F)(F)F)c1-c1cc(F)c(C#N)c(F)c1. The largest absolute Gasteiger partial charge is 0.417 e. The van der Waals surface area contributed by atoms with Crippen LogP contribution in [0.1, 0.15) is 42.0 Å². The number of alkyl halides is 6. The molecule has 0 aromatic heterocycles. The minimum Gasteiger partial charge on any atom is -0.205 e. The summed E-state index contributed by atoms with van der Waals surface area (Å²) in [7, 11) is 0. The standard InChI is InChI=1S/C18H11F8N/c1-8(2)11-5-10(17(21,22)23)6-13(18(24,25)26)16(11)9-3-14(19)12(7-27)15(20)4-9/h3-6,8H,1-2H3. The number of benzene rings is 2. The molecule has 0 N–H and O–H groups in total. The summed E-state index contributed by atoms with van der Waals surface area (Å²) in [5.41, 5.74) is -5.91. The Bertz CT molecular complexity index is 894. The van der Waals surface area contributed by atoms with Gasteiger partial charge in [-0.05, 0) is 46.9 Å². The van der Waals surface area contributed by atoms with Crippen LogP contribution in [0.2, 0.25) is 0 Å². The Balaban J connectivity index is 2.97. The van der Waals surface area contributed by atoms with Crippen molar-refractivity contribution >= 4 is 0 Å². The Morgan fingerprint density at radius 1 is 0.852 bits per heavy atom. The van der Waals surface area contributed by atoms with Crippen molar-refractivity contribution in [3.05, 3.63) is 58.2 Å². The third kappa shape index (κ3) is 4.04. The normalized spacial score (nSPS) is 12.4. The number of hydrogen-bond donors (Lipinski definition) is 0. The second-order valence-electron chi connectivity index (χ2n) is 6.06. The zero-order chi connectivity index (χ0) is 20.7. The Morgan fingerprint density at radius 3 is 1.74 bits per heavy atom. The van der Waals surface area contributed by atoms with Crippen LogP contribution in [0.3, 0.4) is 0 Å². The van der Waals surface area contributed by atoms with Crippen LogP contribution >= 0.6 is 0 Å². The zero-order valence-electron chi connectivity index (χ0n) is 13.9.